The molecule has 2 nitrogen and oxygen atoms in total. The highest BCUT2D eigenvalue weighted by Gasteiger charge is 2.01. The van der Waals surface area contributed by atoms with Gasteiger partial charge >= 0.3 is 0 Å². The molecule has 64 valence electrons. The van der Waals surface area contributed by atoms with Gasteiger partial charge in [0.25, 0.3) is 0 Å². The van der Waals surface area contributed by atoms with Crippen LogP contribution in [0, 0.1) is 12.3 Å². The first-order valence-electron chi connectivity index (χ1n) is 3.79. The van der Waals surface area contributed by atoms with Gasteiger partial charge < -0.3 is 5.41 Å². The Morgan fingerprint density at radius 3 is 2.92 bits per heavy atom. The summed E-state index contributed by atoms with van der Waals surface area (Å²) in [6, 6.07) is 0. The van der Waals surface area contributed by atoms with Gasteiger partial charge in [0, 0.05) is 6.42 Å². The minimum absolute atomic E-state index is 0.0967. The summed E-state index contributed by atoms with van der Waals surface area (Å²) in [4.78, 5) is 10.8. The van der Waals surface area contributed by atoms with Crippen LogP contribution < -0.4 is 0 Å². The standard InChI is InChI=1S/C9H11NOS/c1-7-5-12-6-8(7)2-3-9(11)4-10/h4-6,10H,2-3H2,1H3. The average Bonchev–Trinajstić information content (AvgIpc) is 2.47. The number of aryl methyl sites for hydroxylation is 2. The van der Waals surface area contributed by atoms with E-state index in [-0.39, 0.29) is 5.78 Å². The van der Waals surface area contributed by atoms with E-state index in [1.807, 2.05) is 6.92 Å². The monoisotopic (exact) mass is 181 g/mol. The van der Waals surface area contributed by atoms with Gasteiger partial charge in [0.1, 0.15) is 0 Å². The molecule has 0 radical (unpaired) electrons. The van der Waals surface area contributed by atoms with Crippen molar-refractivity contribution in [2.75, 3.05) is 0 Å². The molecule has 12 heavy (non-hydrogen) atoms. The quantitative estimate of drug-likeness (QED) is 0.711. The first-order valence-corrected chi connectivity index (χ1v) is 4.73. The maximum atomic E-state index is 10.8. The number of nitrogens with one attached hydrogen (secondary N) is 1. The Balaban J connectivity index is 2.48. The Morgan fingerprint density at radius 2 is 2.42 bits per heavy atom. The fraction of sp³-hybridized carbons (Fsp3) is 0.333. The van der Waals surface area contributed by atoms with Crippen LogP contribution in [0.5, 0.6) is 0 Å². The van der Waals surface area contributed by atoms with E-state index in [1.54, 1.807) is 11.3 Å². The van der Waals surface area contributed by atoms with Gasteiger partial charge in [-0.05, 0) is 35.2 Å². The predicted molar refractivity (Wildman–Crippen MR) is 51.2 cm³/mol. The lowest BCUT2D eigenvalue weighted by atomic mass is 10.1. The summed E-state index contributed by atoms with van der Waals surface area (Å²) in [5, 5.41) is 10.9. The van der Waals surface area contributed by atoms with E-state index in [2.05, 4.69) is 10.8 Å². The Morgan fingerprint density at radius 1 is 1.67 bits per heavy atom. The van der Waals surface area contributed by atoms with Crippen molar-refractivity contribution in [1.82, 2.24) is 0 Å². The number of thiophene rings is 1. The molecule has 0 aliphatic heterocycles. The molecule has 1 aromatic heterocycles. The lowest BCUT2D eigenvalue weighted by molar-refractivity contribution is -0.112. The van der Waals surface area contributed by atoms with Crippen LogP contribution in [0.15, 0.2) is 10.8 Å². The van der Waals surface area contributed by atoms with Gasteiger partial charge in [0.2, 0.25) is 0 Å². The molecule has 0 bridgehead atoms. The number of carbonyl (C=O) groups is 1. The van der Waals surface area contributed by atoms with Crippen LogP contribution in [-0.4, -0.2) is 12.0 Å². The largest absolute Gasteiger partial charge is 0.305 e. The zero-order chi connectivity index (χ0) is 8.97. The van der Waals surface area contributed by atoms with E-state index in [4.69, 9.17) is 5.41 Å². The third-order valence-electron chi connectivity index (χ3n) is 1.76. The van der Waals surface area contributed by atoms with Crippen molar-refractivity contribution in [2.24, 2.45) is 0 Å². The van der Waals surface area contributed by atoms with E-state index in [0.29, 0.717) is 6.42 Å². The minimum Gasteiger partial charge on any atom is -0.305 e. The van der Waals surface area contributed by atoms with Gasteiger partial charge in [-0.1, -0.05) is 0 Å². The molecule has 0 fully saturated rings. The summed E-state index contributed by atoms with van der Waals surface area (Å²) in [7, 11) is 0. The predicted octanol–water partition coefficient (Wildman–Crippen LogP) is 2.21. The Bertz CT molecular complexity index is 290. The first kappa shape index (κ1) is 9.13. The fourth-order valence-corrected chi connectivity index (χ4v) is 1.86. The van der Waals surface area contributed by atoms with Crippen molar-refractivity contribution in [3.05, 3.63) is 21.9 Å². The maximum absolute atomic E-state index is 10.8. The Labute approximate surface area is 75.7 Å². The van der Waals surface area contributed by atoms with Crippen LogP contribution >= 0.6 is 11.3 Å². The molecule has 0 aliphatic carbocycles. The average molecular weight is 181 g/mol. The third kappa shape index (κ3) is 2.27. The molecular formula is C9H11NOS. The Kier molecular flexibility index (Phi) is 3.17. The van der Waals surface area contributed by atoms with Crippen LogP contribution in [0.25, 0.3) is 0 Å². The molecule has 0 aliphatic rings. The van der Waals surface area contributed by atoms with Gasteiger partial charge in [-0.15, -0.1) is 0 Å². The summed E-state index contributed by atoms with van der Waals surface area (Å²) >= 11 is 1.66. The molecule has 0 saturated heterocycles. The van der Waals surface area contributed by atoms with Crippen LogP contribution in [0.1, 0.15) is 17.5 Å². The van der Waals surface area contributed by atoms with Gasteiger partial charge in [0.05, 0.1) is 6.21 Å². The first-order chi connectivity index (χ1) is 5.74. The van der Waals surface area contributed by atoms with E-state index in [0.717, 1.165) is 12.6 Å². The lowest BCUT2D eigenvalue weighted by Gasteiger charge is -1.95. The van der Waals surface area contributed by atoms with Gasteiger partial charge in [-0.2, -0.15) is 11.3 Å². The molecule has 1 rings (SSSR count). The smallest absolute Gasteiger partial charge is 0.173 e. The molecule has 0 atom stereocenters. The molecule has 1 heterocycles. The second-order valence-electron chi connectivity index (χ2n) is 2.69. The SMILES string of the molecule is Cc1cscc1CCC(=O)C=N. The van der Waals surface area contributed by atoms with E-state index < -0.39 is 0 Å². The molecule has 0 unspecified atom stereocenters. The van der Waals surface area contributed by atoms with E-state index in [1.165, 1.54) is 11.1 Å². The van der Waals surface area contributed by atoms with Crippen molar-refractivity contribution in [1.29, 1.82) is 5.41 Å². The summed E-state index contributed by atoms with van der Waals surface area (Å²) in [6.45, 7) is 2.04. The molecular weight excluding hydrogens is 170 g/mol. The summed E-state index contributed by atoms with van der Waals surface area (Å²) in [5.74, 6) is -0.0967. The number of carbonyl (C=O) groups excluding carboxylic acids is 1. The van der Waals surface area contributed by atoms with Crippen LogP contribution in [-0.2, 0) is 11.2 Å². The summed E-state index contributed by atoms with van der Waals surface area (Å²) in [6.07, 6.45) is 2.12. The highest BCUT2D eigenvalue weighted by Crippen LogP contribution is 2.15. The molecule has 3 heteroatoms. The zero-order valence-corrected chi connectivity index (χ0v) is 7.78. The van der Waals surface area contributed by atoms with Crippen molar-refractivity contribution >= 4 is 23.3 Å². The van der Waals surface area contributed by atoms with Gasteiger partial charge in [-0.25, -0.2) is 0 Å². The maximum Gasteiger partial charge on any atom is 0.173 e. The van der Waals surface area contributed by atoms with Crippen molar-refractivity contribution in [2.45, 2.75) is 19.8 Å². The third-order valence-corrected chi connectivity index (χ3v) is 2.67. The number of Topliss-reactive ketones (excluding diaryl/α,β-unsaturated/α-hetero) is 1. The number of hydrogen-bond acceptors (Lipinski definition) is 3. The topological polar surface area (TPSA) is 40.9 Å². The van der Waals surface area contributed by atoms with Crippen molar-refractivity contribution in [3.8, 4) is 0 Å². The number of rotatable bonds is 4. The molecule has 0 amide bonds. The van der Waals surface area contributed by atoms with Crippen molar-refractivity contribution < 1.29 is 4.79 Å². The highest BCUT2D eigenvalue weighted by atomic mass is 32.1. The van der Waals surface area contributed by atoms with E-state index >= 15 is 0 Å². The summed E-state index contributed by atoms with van der Waals surface area (Å²) in [5.41, 5.74) is 2.48. The molecule has 0 spiro atoms. The number of ketones is 1. The van der Waals surface area contributed by atoms with Crippen molar-refractivity contribution in [3.63, 3.8) is 0 Å². The van der Waals surface area contributed by atoms with E-state index in [9.17, 15) is 4.79 Å². The molecule has 0 saturated carbocycles. The lowest BCUT2D eigenvalue weighted by Crippen LogP contribution is -2.00. The number of hydrogen-bond donors (Lipinski definition) is 1. The second kappa shape index (κ2) is 4.16. The normalized spacial score (nSPS) is 9.75. The molecule has 0 aromatic carbocycles. The highest BCUT2D eigenvalue weighted by molar-refractivity contribution is 7.08. The van der Waals surface area contributed by atoms with Crippen LogP contribution in [0.2, 0.25) is 0 Å². The van der Waals surface area contributed by atoms with Crippen LogP contribution in [0.3, 0.4) is 0 Å². The van der Waals surface area contributed by atoms with Crippen LogP contribution in [0.4, 0.5) is 0 Å². The van der Waals surface area contributed by atoms with Gasteiger partial charge in [0.15, 0.2) is 5.78 Å². The molecule has 1 N–H and O–H groups in total. The zero-order valence-electron chi connectivity index (χ0n) is 6.96. The second-order valence-corrected chi connectivity index (χ2v) is 3.43. The Hall–Kier alpha value is -0.960. The fourth-order valence-electron chi connectivity index (χ4n) is 0.973. The summed E-state index contributed by atoms with van der Waals surface area (Å²) < 4.78 is 0. The minimum atomic E-state index is -0.0967. The molecule has 1 aromatic rings. The van der Waals surface area contributed by atoms with Gasteiger partial charge in [-0.3, -0.25) is 4.79 Å².